The maximum Gasteiger partial charge on any atom is 0.255 e. The molecule has 42 heavy (non-hydrogen) atoms. The van der Waals surface area contributed by atoms with Crippen LogP contribution in [0.2, 0.25) is 0 Å². The first kappa shape index (κ1) is 31.0. The van der Waals surface area contributed by atoms with Crippen molar-refractivity contribution in [1.82, 2.24) is 25.8 Å². The van der Waals surface area contributed by atoms with Gasteiger partial charge in [-0.15, -0.1) is 0 Å². The Balaban J connectivity index is 1.50. The molecular weight excluding hydrogens is 538 g/mol. The molecule has 2 aliphatic heterocycles. The van der Waals surface area contributed by atoms with Crippen molar-refractivity contribution in [2.75, 3.05) is 46.5 Å². The molecule has 0 unspecified atom stereocenters. The van der Waals surface area contributed by atoms with Crippen LogP contribution < -0.4 is 20.7 Å². The van der Waals surface area contributed by atoms with Crippen LogP contribution in [0.3, 0.4) is 0 Å². The first-order valence-electron chi connectivity index (χ1n) is 14.4. The Labute approximate surface area is 246 Å². The van der Waals surface area contributed by atoms with Gasteiger partial charge in [0.1, 0.15) is 24.4 Å². The lowest BCUT2D eigenvalue weighted by atomic mass is 10.0. The van der Waals surface area contributed by atoms with Gasteiger partial charge in [-0.2, -0.15) is 0 Å². The minimum absolute atomic E-state index is 0.153. The molecule has 1 fully saturated rings. The Hall–Kier alpha value is -3.96. The average Bonchev–Trinajstić information content (AvgIpc) is 2.98. The molecule has 2 aromatic rings. The molecule has 0 saturated carbocycles. The third-order valence-electron chi connectivity index (χ3n) is 7.42. The Kier molecular flexibility index (Phi) is 10.9. The van der Waals surface area contributed by atoms with Crippen LogP contribution in [0.4, 0.5) is 0 Å². The number of ether oxygens (including phenoxy) is 2. The summed E-state index contributed by atoms with van der Waals surface area (Å²) in [4.78, 5) is 56.8. The number of hydrogen-bond donors (Lipinski definition) is 3. The first-order chi connectivity index (χ1) is 20.2. The van der Waals surface area contributed by atoms with Gasteiger partial charge in [-0.3, -0.25) is 24.1 Å². The van der Waals surface area contributed by atoms with E-state index in [2.05, 4.69) is 20.9 Å². The number of carbonyl (C=O) groups excluding carboxylic acids is 4. The Morgan fingerprint density at radius 3 is 2.48 bits per heavy atom. The third-order valence-corrected chi connectivity index (χ3v) is 7.42. The van der Waals surface area contributed by atoms with Crippen LogP contribution in [0.25, 0.3) is 0 Å². The summed E-state index contributed by atoms with van der Waals surface area (Å²) in [5.74, 6) is -1.67. The Morgan fingerprint density at radius 2 is 1.71 bits per heavy atom. The van der Waals surface area contributed by atoms with E-state index in [1.807, 2.05) is 38.1 Å². The lowest BCUT2D eigenvalue weighted by Crippen LogP contribution is -2.54. The van der Waals surface area contributed by atoms with E-state index in [4.69, 9.17) is 9.47 Å². The highest BCUT2D eigenvalue weighted by molar-refractivity contribution is 6.01. The molecule has 226 valence electrons. The molecule has 0 bridgehead atoms. The van der Waals surface area contributed by atoms with Gasteiger partial charge in [0.2, 0.25) is 17.7 Å². The van der Waals surface area contributed by atoms with Crippen LogP contribution in [0.1, 0.15) is 41.8 Å². The fourth-order valence-electron chi connectivity index (χ4n) is 4.96. The van der Waals surface area contributed by atoms with Crippen LogP contribution in [0, 0.1) is 5.92 Å². The number of amides is 4. The summed E-state index contributed by atoms with van der Waals surface area (Å²) in [6, 6.07) is 12.7. The highest BCUT2D eigenvalue weighted by Crippen LogP contribution is 2.19. The van der Waals surface area contributed by atoms with Gasteiger partial charge in [-0.1, -0.05) is 50.2 Å². The van der Waals surface area contributed by atoms with Gasteiger partial charge in [0.25, 0.3) is 5.91 Å². The lowest BCUT2D eigenvalue weighted by Gasteiger charge is -2.28. The highest BCUT2D eigenvalue weighted by Gasteiger charge is 2.31. The molecule has 3 N–H and O–H groups in total. The van der Waals surface area contributed by atoms with Gasteiger partial charge in [-0.05, 0) is 29.2 Å². The SMILES string of the molecule is CC(C)[C@@H]1NC(=O)C[C@@H](C(=O)NCc2cccc(CN3CCOCC3)c2)NC(=O)c2ccccc2OCCN(C)C1=O. The van der Waals surface area contributed by atoms with Crippen molar-refractivity contribution in [3.05, 3.63) is 65.2 Å². The largest absolute Gasteiger partial charge is 0.491 e. The summed E-state index contributed by atoms with van der Waals surface area (Å²) in [6.07, 6.45) is -0.335. The van der Waals surface area contributed by atoms with E-state index in [1.165, 1.54) is 4.90 Å². The number of nitrogens with zero attached hydrogens (tertiary/aromatic N) is 2. The van der Waals surface area contributed by atoms with Crippen LogP contribution in [0.15, 0.2) is 48.5 Å². The molecule has 2 aliphatic rings. The van der Waals surface area contributed by atoms with Gasteiger partial charge in [0.05, 0.1) is 31.7 Å². The lowest BCUT2D eigenvalue weighted by molar-refractivity contribution is -0.137. The van der Waals surface area contributed by atoms with Gasteiger partial charge in [0.15, 0.2) is 0 Å². The van der Waals surface area contributed by atoms with Crippen molar-refractivity contribution in [3.63, 3.8) is 0 Å². The molecule has 4 amide bonds. The molecule has 2 aromatic carbocycles. The number of benzene rings is 2. The number of para-hydroxylation sites is 1. The minimum atomic E-state index is -1.18. The molecule has 0 aliphatic carbocycles. The van der Waals surface area contributed by atoms with Crippen LogP contribution in [0.5, 0.6) is 5.75 Å². The predicted octanol–water partition coefficient (Wildman–Crippen LogP) is 1.32. The van der Waals surface area contributed by atoms with Gasteiger partial charge in [-0.25, -0.2) is 0 Å². The maximum absolute atomic E-state index is 13.4. The number of nitrogens with one attached hydrogen (secondary N) is 3. The van der Waals surface area contributed by atoms with E-state index >= 15 is 0 Å². The first-order valence-corrected chi connectivity index (χ1v) is 14.4. The van der Waals surface area contributed by atoms with E-state index in [1.54, 1.807) is 31.3 Å². The van der Waals surface area contributed by atoms with Crippen LogP contribution in [-0.4, -0.2) is 92.0 Å². The number of hydrogen-bond acceptors (Lipinski definition) is 7. The number of carbonyl (C=O) groups is 4. The summed E-state index contributed by atoms with van der Waals surface area (Å²) in [5.41, 5.74) is 2.26. The van der Waals surface area contributed by atoms with Crippen molar-refractivity contribution in [2.24, 2.45) is 5.92 Å². The average molecular weight is 580 g/mol. The normalized spacial score (nSPS) is 21.0. The van der Waals surface area contributed by atoms with Crippen molar-refractivity contribution in [3.8, 4) is 5.75 Å². The quantitative estimate of drug-likeness (QED) is 0.471. The molecule has 1 saturated heterocycles. The zero-order valence-corrected chi connectivity index (χ0v) is 24.6. The van der Waals surface area contributed by atoms with E-state index in [0.29, 0.717) is 5.75 Å². The number of morpholine rings is 1. The van der Waals surface area contributed by atoms with Gasteiger partial charge < -0.3 is 30.3 Å². The maximum atomic E-state index is 13.4. The predicted molar refractivity (Wildman–Crippen MR) is 157 cm³/mol. The number of rotatable bonds is 6. The van der Waals surface area contributed by atoms with Crippen LogP contribution >= 0.6 is 0 Å². The van der Waals surface area contributed by atoms with E-state index in [-0.39, 0.29) is 43.5 Å². The molecule has 4 rings (SSSR count). The fraction of sp³-hybridized carbons (Fsp3) is 0.484. The Morgan fingerprint density at radius 1 is 0.976 bits per heavy atom. The smallest absolute Gasteiger partial charge is 0.255 e. The Bertz CT molecular complexity index is 1260. The van der Waals surface area contributed by atoms with Crippen molar-refractivity contribution in [1.29, 1.82) is 0 Å². The van der Waals surface area contributed by atoms with E-state index in [0.717, 1.165) is 44.0 Å². The molecular formula is C31H41N5O6. The zero-order chi connectivity index (χ0) is 30.1. The number of fused-ring (bicyclic) bond motifs is 1. The highest BCUT2D eigenvalue weighted by atomic mass is 16.5. The van der Waals surface area contributed by atoms with Crippen molar-refractivity contribution < 1.29 is 28.7 Å². The van der Waals surface area contributed by atoms with Crippen molar-refractivity contribution in [2.45, 2.75) is 45.4 Å². The molecule has 0 aromatic heterocycles. The summed E-state index contributed by atoms with van der Waals surface area (Å²) < 4.78 is 11.3. The van der Waals surface area contributed by atoms with Gasteiger partial charge in [0, 0.05) is 33.2 Å². The van der Waals surface area contributed by atoms with Crippen LogP contribution in [-0.2, 0) is 32.2 Å². The minimum Gasteiger partial charge on any atom is -0.491 e. The second-order valence-electron chi connectivity index (χ2n) is 11.1. The summed E-state index contributed by atoms with van der Waals surface area (Å²) in [5, 5.41) is 8.37. The topological polar surface area (TPSA) is 129 Å². The second kappa shape index (κ2) is 14.8. The van der Waals surface area contributed by atoms with Gasteiger partial charge >= 0.3 is 0 Å². The summed E-state index contributed by atoms with van der Waals surface area (Å²) >= 11 is 0. The monoisotopic (exact) mass is 579 g/mol. The molecule has 0 spiro atoms. The molecule has 2 atom stereocenters. The van der Waals surface area contributed by atoms with Crippen molar-refractivity contribution >= 4 is 23.6 Å². The molecule has 11 heteroatoms. The third kappa shape index (κ3) is 8.53. The van der Waals surface area contributed by atoms with E-state index < -0.39 is 29.8 Å². The second-order valence-corrected chi connectivity index (χ2v) is 11.1. The summed E-state index contributed by atoms with van der Waals surface area (Å²) in [6.45, 7) is 8.30. The number of likely N-dealkylation sites (N-methyl/N-ethyl adjacent to an activating group) is 1. The standard InChI is InChI=1S/C31H41N5O6/c1-21(2)28-31(40)35(3)11-16-42-26-10-5-4-9-24(26)29(38)33-25(18-27(37)34-28)30(39)32-19-22-7-6-8-23(17-22)20-36-12-14-41-15-13-36/h4-10,17,21,25,28H,11-16,18-20H2,1-3H3,(H,32,39)(H,33,38)(H,34,37)/t25-,28-/m0/s1. The zero-order valence-electron chi connectivity index (χ0n) is 24.6. The summed E-state index contributed by atoms with van der Waals surface area (Å²) in [7, 11) is 1.64. The molecule has 2 heterocycles. The van der Waals surface area contributed by atoms with E-state index in [9.17, 15) is 19.2 Å². The molecule has 0 radical (unpaired) electrons. The fourth-order valence-corrected chi connectivity index (χ4v) is 4.96. The molecule has 11 nitrogen and oxygen atoms in total.